The topological polar surface area (TPSA) is 471 Å². The molecule has 0 saturated carbocycles. The van der Waals surface area contributed by atoms with Gasteiger partial charge >= 0.3 is 72.0 Å². The summed E-state index contributed by atoms with van der Waals surface area (Å²) in [5.41, 5.74) is 0. The number of unbranched alkanes of at least 4 members (excludes halogenated alkanes) is 6. The van der Waals surface area contributed by atoms with E-state index in [0.29, 0.717) is 31.5 Å². The Morgan fingerprint density at radius 2 is 0.375 bits per heavy atom. The highest BCUT2D eigenvalue weighted by Gasteiger charge is 2.47. The summed E-state index contributed by atoms with van der Waals surface area (Å²) in [4.78, 5) is 129. The average molecular weight is 1470 g/mol. The van der Waals surface area contributed by atoms with E-state index in [1.54, 1.807) is 0 Å². The molecule has 0 bridgehead atoms. The molecule has 18 N–H and O–H groups in total. The number of urea groups is 6. The maximum Gasteiger partial charge on any atom is 0.315 e. The minimum atomic E-state index is -0.729. The molecule has 30 nitrogen and oxygen atoms in total. The van der Waals surface area contributed by atoms with Crippen molar-refractivity contribution in [3.63, 3.8) is 0 Å². The van der Waals surface area contributed by atoms with Gasteiger partial charge in [-0.2, -0.15) is 70.6 Å². The number of fused-ring (bicyclic) bond motifs is 6. The second-order valence-corrected chi connectivity index (χ2v) is 33.2. The molecule has 0 aromatic carbocycles. The summed E-state index contributed by atoms with van der Waals surface area (Å²) in [7, 11) is 0. The summed E-state index contributed by atoms with van der Waals surface area (Å²) in [6, 6.07) is 2.64. The van der Waals surface area contributed by atoms with Crippen molar-refractivity contribution in [3.05, 3.63) is 0 Å². The van der Waals surface area contributed by atoms with E-state index in [-0.39, 0.29) is 147 Å². The van der Waals surface area contributed by atoms with Gasteiger partial charge in [0.25, 0.3) is 0 Å². The summed E-state index contributed by atoms with van der Waals surface area (Å²) in [6.45, 7) is 0. The molecule has 540 valence electrons. The molecular formula is C60H96N12O18S6. The Balaban J connectivity index is 0.000000163. The second-order valence-electron chi connectivity index (χ2n) is 25.6. The van der Waals surface area contributed by atoms with Gasteiger partial charge in [-0.15, -0.1) is 0 Å². The molecule has 36 heteroatoms. The molecule has 12 saturated heterocycles. The molecule has 12 amide bonds. The van der Waals surface area contributed by atoms with E-state index in [9.17, 15) is 57.5 Å². The van der Waals surface area contributed by atoms with Gasteiger partial charge in [-0.05, 0) is 77.0 Å². The number of thioether (sulfide) groups is 6. The molecule has 12 rings (SSSR count). The summed E-state index contributed by atoms with van der Waals surface area (Å²) >= 11 is 11.2. The van der Waals surface area contributed by atoms with Gasteiger partial charge in [-0.1, -0.05) is 38.5 Å². The fraction of sp³-hybridized carbons (Fsp3) is 0.800. The quantitative estimate of drug-likeness (QED) is 0.0340. The van der Waals surface area contributed by atoms with Crippen LogP contribution in [-0.2, 0) is 28.8 Å². The molecule has 12 aliphatic heterocycles. The first-order chi connectivity index (χ1) is 46.0. The fourth-order valence-corrected chi connectivity index (χ4v) is 22.9. The van der Waals surface area contributed by atoms with E-state index >= 15 is 0 Å². The van der Waals surface area contributed by atoms with Crippen LogP contribution in [-0.4, -0.2) is 241 Å². The Morgan fingerprint density at radius 3 is 0.500 bits per heavy atom. The van der Waals surface area contributed by atoms with Gasteiger partial charge in [-0.25, -0.2) is 28.8 Å². The molecule has 0 aromatic heterocycles. The van der Waals surface area contributed by atoms with Gasteiger partial charge in [0.1, 0.15) is 0 Å². The van der Waals surface area contributed by atoms with Crippen LogP contribution in [0.25, 0.3) is 0 Å². The summed E-state index contributed by atoms with van der Waals surface area (Å²) in [5, 5.41) is 88.7. The van der Waals surface area contributed by atoms with Gasteiger partial charge in [-0.3, -0.25) is 28.8 Å². The lowest BCUT2D eigenvalue weighted by Crippen LogP contribution is -2.36. The molecule has 18 atom stereocenters. The molecule has 0 radical (unpaired) electrons. The first kappa shape index (κ1) is 77.9. The number of rotatable bonds is 30. The van der Waals surface area contributed by atoms with E-state index in [0.717, 1.165) is 150 Å². The third-order valence-electron chi connectivity index (χ3n) is 18.4. The van der Waals surface area contributed by atoms with Crippen LogP contribution < -0.4 is 63.8 Å². The predicted molar refractivity (Wildman–Crippen MR) is 370 cm³/mol. The number of carbonyl (C=O) groups excluding carboxylic acids is 6. The minimum Gasteiger partial charge on any atom is -0.481 e. The van der Waals surface area contributed by atoms with Gasteiger partial charge in [0.2, 0.25) is 0 Å². The van der Waals surface area contributed by atoms with E-state index in [1.165, 1.54) is 0 Å². The number of aliphatic carboxylic acids is 6. The summed E-state index contributed by atoms with van der Waals surface area (Å²) in [5.74, 6) is 1.42. The van der Waals surface area contributed by atoms with Crippen LogP contribution in [0.2, 0.25) is 0 Å². The molecule has 0 aliphatic carbocycles. The first-order valence-corrected chi connectivity index (χ1v) is 39.7. The van der Waals surface area contributed by atoms with Gasteiger partial charge in [0.05, 0.1) is 72.5 Å². The molecule has 0 spiro atoms. The van der Waals surface area contributed by atoms with E-state index in [4.69, 9.17) is 30.6 Å². The Labute approximate surface area is 583 Å². The van der Waals surface area contributed by atoms with Crippen molar-refractivity contribution >= 4 is 143 Å². The normalized spacial score (nSPS) is 32.0. The number of nitrogens with one attached hydrogen (secondary N) is 12. The van der Waals surface area contributed by atoms with Crippen molar-refractivity contribution in [2.45, 2.75) is 258 Å². The van der Waals surface area contributed by atoms with E-state index in [2.05, 4.69) is 63.8 Å². The van der Waals surface area contributed by atoms with Crippen LogP contribution in [0.15, 0.2) is 0 Å². The molecular weight excluding hydrogens is 1370 g/mol. The van der Waals surface area contributed by atoms with Crippen LogP contribution >= 0.6 is 70.6 Å². The van der Waals surface area contributed by atoms with E-state index < -0.39 is 35.8 Å². The molecule has 12 heterocycles. The lowest BCUT2D eigenvalue weighted by molar-refractivity contribution is -0.138. The Kier molecular flexibility index (Phi) is 32.4. The van der Waals surface area contributed by atoms with Crippen LogP contribution in [0.4, 0.5) is 28.8 Å². The monoisotopic (exact) mass is 1460 g/mol. The third kappa shape index (κ3) is 25.7. The van der Waals surface area contributed by atoms with Crippen molar-refractivity contribution in [2.75, 3.05) is 34.5 Å². The van der Waals surface area contributed by atoms with Crippen molar-refractivity contribution in [1.82, 2.24) is 63.8 Å². The number of carboxylic acids is 6. The molecule has 0 aromatic rings. The lowest BCUT2D eigenvalue weighted by Gasteiger charge is -2.16. The Bertz CT molecular complexity index is 2240. The highest BCUT2D eigenvalue weighted by molar-refractivity contribution is 8.01. The lowest BCUT2D eigenvalue weighted by atomic mass is 10.0. The number of carbonyl (C=O) groups is 12. The standard InChI is InChI=1S/6C10H16N2O3S/c6*13-8(14)4-2-1-3-7-9-6(5-16-7)11-10(15)12-9/h6*6-7,9H,1-5H2,(H,13,14)(H2,11,12,15)/t6*6-,7-,9-/m000000/s1. The van der Waals surface area contributed by atoms with Crippen LogP contribution in [0, 0.1) is 0 Å². The fourth-order valence-electron chi connectivity index (χ4n) is 13.6. The second kappa shape index (κ2) is 40.0. The highest BCUT2D eigenvalue weighted by atomic mass is 32.2. The van der Waals surface area contributed by atoms with Crippen LogP contribution in [0.5, 0.6) is 0 Å². The summed E-state index contributed by atoms with van der Waals surface area (Å²) in [6.07, 6.45) is 17.3. The van der Waals surface area contributed by atoms with Gasteiger partial charge in [0, 0.05) is 105 Å². The van der Waals surface area contributed by atoms with E-state index in [1.807, 2.05) is 70.6 Å². The largest absolute Gasteiger partial charge is 0.481 e. The average Bonchev–Trinajstić information content (AvgIpc) is 1.74. The molecule has 12 aliphatic rings. The van der Waals surface area contributed by atoms with Crippen LogP contribution in [0.1, 0.15) is 154 Å². The molecule has 96 heavy (non-hydrogen) atoms. The van der Waals surface area contributed by atoms with Crippen molar-refractivity contribution in [2.24, 2.45) is 0 Å². The van der Waals surface area contributed by atoms with Crippen molar-refractivity contribution in [3.8, 4) is 0 Å². The predicted octanol–water partition coefficient (Wildman–Crippen LogP) is 4.78. The number of hydrogen-bond acceptors (Lipinski definition) is 18. The Morgan fingerprint density at radius 1 is 0.240 bits per heavy atom. The third-order valence-corrected chi connectivity index (χ3v) is 27.5. The smallest absolute Gasteiger partial charge is 0.315 e. The highest BCUT2D eigenvalue weighted by Crippen LogP contribution is 2.38. The maximum absolute atomic E-state index is 11.1. The van der Waals surface area contributed by atoms with Crippen molar-refractivity contribution in [1.29, 1.82) is 0 Å². The first-order valence-electron chi connectivity index (χ1n) is 33.4. The SMILES string of the molecule is O=C(O)CCCC[C@@H]1SC[C@@H]2NC(=O)N[C@@H]21.O=C(O)CCCC[C@@H]1SC[C@@H]2NC(=O)N[C@@H]21.O=C(O)CCCC[C@@H]1SC[C@@H]2NC(=O)N[C@@H]21.O=C(O)CCCC[C@@H]1SC[C@@H]2NC(=O)N[C@@H]21.O=C(O)CCCC[C@@H]1SC[C@@H]2NC(=O)N[C@@H]21.O=C(O)CCCC[C@@H]1SC[C@@H]2NC(=O)N[C@@H]21. The Hall–Kier alpha value is -5.46. The maximum atomic E-state index is 11.1. The number of carboxylic acid groups (broad SMARTS) is 6. The number of amides is 12. The van der Waals surface area contributed by atoms with Gasteiger partial charge in [0.15, 0.2) is 0 Å². The number of hydrogen-bond donors (Lipinski definition) is 18. The molecule has 0 unspecified atom stereocenters. The summed E-state index contributed by atoms with van der Waals surface area (Å²) < 4.78 is 0. The zero-order valence-electron chi connectivity index (χ0n) is 53.6. The zero-order valence-corrected chi connectivity index (χ0v) is 58.5. The van der Waals surface area contributed by atoms with Crippen molar-refractivity contribution < 1.29 is 88.2 Å². The molecule has 12 fully saturated rings. The zero-order chi connectivity index (χ0) is 69.3. The van der Waals surface area contributed by atoms with Gasteiger partial charge < -0.3 is 94.4 Å². The van der Waals surface area contributed by atoms with Crippen LogP contribution in [0.3, 0.4) is 0 Å². The minimum absolute atomic E-state index is 0.0640.